The third kappa shape index (κ3) is 26.9. The van der Waals surface area contributed by atoms with Crippen LogP contribution in [0.3, 0.4) is 0 Å². The molecule has 5 N–H and O–H groups in total. The summed E-state index contributed by atoms with van der Waals surface area (Å²) in [5, 5.41) is 65.9. The van der Waals surface area contributed by atoms with Gasteiger partial charge in [0.1, 0.15) is 14.1 Å². The van der Waals surface area contributed by atoms with Crippen molar-refractivity contribution in [3.63, 3.8) is 0 Å². The third-order valence-corrected chi connectivity index (χ3v) is 12.2. The van der Waals surface area contributed by atoms with E-state index < -0.39 is 17.0 Å². The summed E-state index contributed by atoms with van der Waals surface area (Å²) in [6.45, 7) is 9.75. The number of nitrogens with zero attached hydrogens (tertiary/aromatic N) is 8. The van der Waals surface area contributed by atoms with E-state index in [9.17, 15) is 40.5 Å². The molecule has 0 aliphatic carbocycles. The molecule has 0 fully saturated rings. The Bertz CT molecular complexity index is 3470. The molecule has 5 aromatic carbocycles. The zero-order valence-corrected chi connectivity index (χ0v) is 54.3. The topological polar surface area (TPSA) is 293 Å². The van der Waals surface area contributed by atoms with E-state index in [4.69, 9.17) is 20.9 Å². The van der Waals surface area contributed by atoms with E-state index in [1.807, 2.05) is 112 Å². The minimum Gasteiger partial charge on any atom is -1.00 e. The van der Waals surface area contributed by atoms with Gasteiger partial charge in [-0.05, 0) is 132 Å². The van der Waals surface area contributed by atoms with Crippen LogP contribution in [0, 0.1) is 75.1 Å². The molecular weight excluding hydrogens is 1280 g/mol. The summed E-state index contributed by atoms with van der Waals surface area (Å²) < 4.78 is 4.72. The van der Waals surface area contributed by atoms with E-state index >= 15 is 0 Å². The van der Waals surface area contributed by atoms with Crippen molar-refractivity contribution in [2.75, 3.05) is 12.8 Å². The van der Waals surface area contributed by atoms with Crippen molar-refractivity contribution >= 4 is 93.6 Å². The van der Waals surface area contributed by atoms with Gasteiger partial charge in [0.15, 0.2) is 24.8 Å². The number of aliphatic hydroxyl groups is 1. The van der Waals surface area contributed by atoms with Crippen molar-refractivity contribution in [3.8, 4) is 33.4 Å². The maximum absolute atomic E-state index is 10.8. The van der Waals surface area contributed by atoms with Crippen LogP contribution in [0.2, 0.25) is 0 Å². The predicted octanol–water partition coefficient (Wildman–Crippen LogP) is 8.79. The SMILES string of the molecule is BrBr.CO.Cc1ccc(N)cc1-c1cc[n+](C)cc1.Cc1ccc([N+](=O)[O-])cc1.Cc1ccc([N+](=O)[O-])cc1-c1cc[n+](C)cc1.Cc1ccc([N+](=O)[O-])cc1-c1ccncc1.Cc1ccc([N+](=O)[O-])cc1Br.OB(O)c1ccncc1.[B].[H-].[Na+]. The molecule has 0 spiro atoms. The standard InChI is InChI=1S/C13H13N2O2.C13H15N2.C12H10N2O2.C7H6BrNO2.C7H7NO2.C5H6BNO2.CH4O.B.Br2.Na.H/c1-10-3-4-12(15(16)17)9-13(10)11-5-7-14(2)8-6-11;1-10-3-4-12(14)9-13(10)11-5-7-15(2)8-6-11;1-9-2-3-11(14(15)16)8-12(9)10-4-6-13-7-5-10;1-5-2-3-6(9(10)11)4-7(5)8;1-6-2-4-7(5-3-6)8(9)10;8-6(9)5-1-3-7-4-2-5;1-2;;1-2;;/h3-9H,1-2H3;3-9H,14H2,1-2H3;2-8H,1H3;2-4H,1H3;2-5H,1H3;1-4,8-9H;2H,1H3;;;;/q2*+1;;;;;;;;+1;-1. The first-order valence-electron chi connectivity index (χ1n) is 24.2. The third-order valence-electron chi connectivity index (χ3n) is 11.3. The van der Waals surface area contributed by atoms with Crippen LogP contribution in [-0.2, 0) is 14.1 Å². The second-order valence-electron chi connectivity index (χ2n) is 17.3. The Morgan fingerprint density at radius 3 is 1.13 bits per heavy atom. The Labute approximate surface area is 537 Å². The van der Waals surface area contributed by atoms with Gasteiger partial charge in [-0.15, -0.1) is 0 Å². The average molecular weight is 1350 g/mol. The normalized spacial score (nSPS) is 9.31. The number of rotatable bonds is 8. The van der Waals surface area contributed by atoms with Gasteiger partial charge >= 0.3 is 36.7 Å². The number of pyridine rings is 4. The second-order valence-corrected chi connectivity index (χ2v) is 18.1. The Hall–Kier alpha value is -7.45. The number of non-ortho nitro benzene ring substituents is 4. The van der Waals surface area contributed by atoms with Gasteiger partial charge in [0.05, 0.1) is 19.7 Å². The van der Waals surface area contributed by atoms with E-state index in [2.05, 4.69) is 79.3 Å². The van der Waals surface area contributed by atoms with Crippen molar-refractivity contribution in [2.24, 2.45) is 14.1 Å². The van der Waals surface area contributed by atoms with Crippen molar-refractivity contribution in [1.82, 2.24) is 9.97 Å². The zero-order valence-electron chi connectivity index (χ0n) is 48.5. The van der Waals surface area contributed by atoms with Gasteiger partial charge in [-0.2, -0.15) is 0 Å². The summed E-state index contributed by atoms with van der Waals surface area (Å²) >= 11 is 8.71. The molecule has 431 valence electrons. The van der Waals surface area contributed by atoms with Crippen LogP contribution in [0.5, 0.6) is 0 Å². The first kappa shape index (κ1) is 76.5. The molecule has 4 aromatic heterocycles. The van der Waals surface area contributed by atoms with Crippen LogP contribution in [0.4, 0.5) is 28.4 Å². The molecule has 0 amide bonds. The number of nitrogen functional groups attached to an aromatic ring is 1. The van der Waals surface area contributed by atoms with Gasteiger partial charge in [0, 0.05) is 152 Å². The molecule has 0 aliphatic rings. The fraction of sp³-hybridized carbons (Fsp3) is 0.138. The molecule has 0 atom stereocenters. The molecule has 9 rings (SSSR count). The number of halogens is 3. The minimum atomic E-state index is -1.38. The summed E-state index contributed by atoms with van der Waals surface area (Å²) in [7, 11) is 3.56. The number of nitro groups is 4. The fourth-order valence-electron chi connectivity index (χ4n) is 6.81. The maximum Gasteiger partial charge on any atom is 1.00 e. The number of aryl methyl sites for hydroxylation is 7. The summed E-state index contributed by atoms with van der Waals surface area (Å²) in [6, 6.07) is 41.8. The Kier molecular flexibility index (Phi) is 37.1. The van der Waals surface area contributed by atoms with Crippen LogP contribution < -0.4 is 49.9 Å². The molecule has 20 nitrogen and oxygen atoms in total. The van der Waals surface area contributed by atoms with Crippen molar-refractivity contribution < 1.29 is 75.0 Å². The smallest absolute Gasteiger partial charge is 1.00 e. The van der Waals surface area contributed by atoms with E-state index in [-0.39, 0.29) is 72.0 Å². The van der Waals surface area contributed by atoms with Crippen molar-refractivity contribution in [3.05, 3.63) is 268 Å². The summed E-state index contributed by atoms with van der Waals surface area (Å²) in [6.07, 6.45) is 14.3. The Morgan fingerprint density at radius 1 is 0.476 bits per heavy atom. The summed E-state index contributed by atoms with van der Waals surface area (Å²) in [4.78, 5) is 47.9. The van der Waals surface area contributed by atoms with Crippen LogP contribution in [-0.4, -0.2) is 67.5 Å². The van der Waals surface area contributed by atoms with Crippen LogP contribution in [0.1, 0.15) is 29.2 Å². The molecule has 0 bridgehead atoms. The monoisotopic (exact) mass is 1340 g/mol. The molecule has 0 saturated carbocycles. The molecule has 0 unspecified atom stereocenters. The van der Waals surface area contributed by atoms with Crippen LogP contribution in [0.25, 0.3) is 33.4 Å². The van der Waals surface area contributed by atoms with E-state index in [0.29, 0.717) is 5.46 Å². The van der Waals surface area contributed by atoms with E-state index in [1.165, 1.54) is 65.5 Å². The van der Waals surface area contributed by atoms with Crippen molar-refractivity contribution in [2.45, 2.75) is 34.6 Å². The number of anilines is 1. The first-order chi connectivity index (χ1) is 39.0. The van der Waals surface area contributed by atoms with Gasteiger partial charge in [0.25, 0.3) is 22.7 Å². The number of aromatic nitrogens is 4. The van der Waals surface area contributed by atoms with E-state index in [1.54, 1.807) is 67.0 Å². The first-order valence-corrected chi connectivity index (χ1v) is 28.7. The molecule has 3 radical (unpaired) electrons. The molecular formula is C58H62B2Br3N9NaO11+2. The zero-order chi connectivity index (χ0) is 61.5. The van der Waals surface area contributed by atoms with Crippen molar-refractivity contribution in [1.29, 1.82) is 0 Å². The van der Waals surface area contributed by atoms with E-state index in [0.717, 1.165) is 61.8 Å². The number of aliphatic hydroxyl groups excluding tert-OH is 1. The molecule has 26 heteroatoms. The number of hydrogen-bond donors (Lipinski definition) is 4. The molecule has 0 saturated heterocycles. The molecule has 84 heavy (non-hydrogen) atoms. The summed E-state index contributed by atoms with van der Waals surface area (Å²) in [5.41, 5.74) is 19.0. The number of nitrogens with two attached hydrogens (primary N) is 1. The molecule has 0 aliphatic heterocycles. The van der Waals surface area contributed by atoms with Gasteiger partial charge in [-0.25, -0.2) is 9.13 Å². The van der Waals surface area contributed by atoms with Gasteiger partial charge < -0.3 is 22.3 Å². The van der Waals surface area contributed by atoms with Gasteiger partial charge in [-0.3, -0.25) is 50.4 Å². The molecule has 9 aromatic rings. The van der Waals surface area contributed by atoms with Gasteiger partial charge in [-0.1, -0.05) is 57.9 Å². The van der Waals surface area contributed by atoms with Crippen LogP contribution in [0.15, 0.2) is 200 Å². The Morgan fingerprint density at radius 2 is 0.786 bits per heavy atom. The summed E-state index contributed by atoms with van der Waals surface area (Å²) in [5.74, 6) is 0. The number of hydrogen-bond acceptors (Lipinski definition) is 14. The molecule has 4 heterocycles. The Balaban J connectivity index is 0. The number of benzene rings is 5. The van der Waals surface area contributed by atoms with Gasteiger partial charge in [0.2, 0.25) is 0 Å². The van der Waals surface area contributed by atoms with Crippen LogP contribution >= 0.6 is 44.2 Å². The maximum atomic E-state index is 10.8. The number of nitro benzene ring substituents is 4. The quantitative estimate of drug-likeness (QED) is 0.0364. The minimum absolute atomic E-state index is 0. The fourth-order valence-corrected chi connectivity index (χ4v) is 7.18. The average Bonchev–Trinajstić information content (AvgIpc) is 3.53. The second kappa shape index (κ2) is 40.7. The largest absolute Gasteiger partial charge is 1.00 e. The predicted molar refractivity (Wildman–Crippen MR) is 338 cm³/mol.